The molecule has 2 amide bonds. The Bertz CT molecular complexity index is 1420. The van der Waals surface area contributed by atoms with Crippen molar-refractivity contribution in [3.05, 3.63) is 94.5 Å². The van der Waals surface area contributed by atoms with Crippen molar-refractivity contribution < 1.29 is 22.8 Å². The number of rotatable bonds is 6. The maximum Gasteiger partial charge on any atom is 0.416 e. The van der Waals surface area contributed by atoms with Gasteiger partial charge >= 0.3 is 6.18 Å². The smallest absolute Gasteiger partial charge is 0.354 e. The van der Waals surface area contributed by atoms with Crippen LogP contribution in [0.5, 0.6) is 0 Å². The lowest BCUT2D eigenvalue weighted by atomic mass is 10.1. The van der Waals surface area contributed by atoms with Crippen LogP contribution in [0, 0.1) is 0 Å². The molecule has 3 aromatic carbocycles. The van der Waals surface area contributed by atoms with Crippen molar-refractivity contribution in [2.45, 2.75) is 6.18 Å². The van der Waals surface area contributed by atoms with E-state index in [1.807, 2.05) is 54.6 Å². The summed E-state index contributed by atoms with van der Waals surface area (Å²) < 4.78 is 38.8. The molecule has 0 fully saturated rings. The van der Waals surface area contributed by atoms with Crippen molar-refractivity contribution in [3.8, 4) is 11.3 Å². The molecule has 0 aliphatic rings. The first-order valence-corrected chi connectivity index (χ1v) is 10.7. The Hall–Kier alpha value is -4.11. The first-order chi connectivity index (χ1) is 16.7. The Morgan fingerprint density at radius 2 is 1.71 bits per heavy atom. The normalized spacial score (nSPS) is 11.7. The summed E-state index contributed by atoms with van der Waals surface area (Å²) in [7, 11) is 0. The first-order valence-electron chi connectivity index (χ1n) is 10.4. The van der Waals surface area contributed by atoms with Gasteiger partial charge in [0.1, 0.15) is 0 Å². The number of H-pyrrole nitrogens is 1. The third-order valence-electron chi connectivity index (χ3n) is 5.09. The number of aromatic nitrogens is 1. The summed E-state index contributed by atoms with van der Waals surface area (Å²) in [5.41, 5.74) is 4.35. The highest BCUT2D eigenvalue weighted by Gasteiger charge is 2.31. The predicted octanol–water partition coefficient (Wildman–Crippen LogP) is 5.39. The molecule has 10 heteroatoms. The molecule has 0 bridgehead atoms. The number of aromatic amines is 1. The fourth-order valence-electron chi connectivity index (χ4n) is 3.49. The number of amides is 2. The van der Waals surface area contributed by atoms with Crippen molar-refractivity contribution in [2.75, 3.05) is 6.54 Å². The van der Waals surface area contributed by atoms with E-state index < -0.39 is 30.1 Å². The molecule has 0 aliphatic heterocycles. The van der Waals surface area contributed by atoms with Gasteiger partial charge in [-0.3, -0.25) is 9.59 Å². The Kier molecular flexibility index (Phi) is 6.88. The van der Waals surface area contributed by atoms with E-state index in [2.05, 4.69) is 20.8 Å². The van der Waals surface area contributed by atoms with Crippen LogP contribution in [0.2, 0.25) is 5.02 Å². The van der Waals surface area contributed by atoms with Gasteiger partial charge in [-0.2, -0.15) is 18.3 Å². The van der Waals surface area contributed by atoms with E-state index in [1.165, 1.54) is 6.21 Å². The lowest BCUT2D eigenvalue weighted by Crippen LogP contribution is -2.35. The first kappa shape index (κ1) is 24.0. The summed E-state index contributed by atoms with van der Waals surface area (Å²) in [6.45, 7) is -0.497. The Morgan fingerprint density at radius 3 is 2.46 bits per heavy atom. The Labute approximate surface area is 202 Å². The van der Waals surface area contributed by atoms with Crippen molar-refractivity contribution in [2.24, 2.45) is 5.10 Å². The van der Waals surface area contributed by atoms with Gasteiger partial charge in [0, 0.05) is 27.1 Å². The summed E-state index contributed by atoms with van der Waals surface area (Å²) in [5, 5.41) is 6.91. The number of nitrogens with zero attached hydrogens (tertiary/aromatic N) is 1. The molecular formula is C25H18ClF3N4O2. The zero-order valence-corrected chi connectivity index (χ0v) is 18.7. The SMILES string of the molecule is O=C(CNC(=O)c1cc(Cl)cc(C(F)(F)F)c1)N/N=C/c1c(-c2ccccc2)[nH]c2ccccc12. The monoisotopic (exact) mass is 498 g/mol. The number of halogens is 4. The van der Waals surface area contributed by atoms with Gasteiger partial charge in [-0.05, 0) is 29.8 Å². The molecule has 4 aromatic rings. The Morgan fingerprint density at radius 1 is 1.00 bits per heavy atom. The third-order valence-corrected chi connectivity index (χ3v) is 5.31. The largest absolute Gasteiger partial charge is 0.416 e. The van der Waals surface area contributed by atoms with E-state index >= 15 is 0 Å². The highest BCUT2D eigenvalue weighted by atomic mass is 35.5. The van der Waals surface area contributed by atoms with E-state index in [0.717, 1.165) is 33.8 Å². The fourth-order valence-corrected chi connectivity index (χ4v) is 3.72. The van der Waals surface area contributed by atoms with Crippen LogP contribution in [0.1, 0.15) is 21.5 Å². The lowest BCUT2D eigenvalue weighted by molar-refractivity contribution is -0.137. The average Bonchev–Trinajstić information content (AvgIpc) is 3.21. The van der Waals surface area contributed by atoms with Crippen LogP contribution in [0.15, 0.2) is 77.9 Å². The fraction of sp³-hybridized carbons (Fsp3) is 0.0800. The molecule has 1 heterocycles. The zero-order valence-electron chi connectivity index (χ0n) is 18.0. The summed E-state index contributed by atoms with van der Waals surface area (Å²) in [6.07, 6.45) is -3.17. The van der Waals surface area contributed by atoms with Crippen LogP contribution < -0.4 is 10.7 Å². The van der Waals surface area contributed by atoms with Crippen LogP contribution in [-0.4, -0.2) is 29.6 Å². The van der Waals surface area contributed by atoms with Gasteiger partial charge < -0.3 is 10.3 Å². The van der Waals surface area contributed by atoms with Crippen molar-refractivity contribution in [3.63, 3.8) is 0 Å². The minimum absolute atomic E-state index is 0.244. The van der Waals surface area contributed by atoms with Crippen LogP contribution in [0.4, 0.5) is 13.2 Å². The number of hydrogen-bond acceptors (Lipinski definition) is 3. The molecular weight excluding hydrogens is 481 g/mol. The molecule has 1 aromatic heterocycles. The van der Waals surface area contributed by atoms with Gasteiger partial charge in [-0.15, -0.1) is 0 Å². The molecule has 0 spiro atoms. The van der Waals surface area contributed by atoms with E-state index in [4.69, 9.17) is 11.6 Å². The van der Waals surface area contributed by atoms with Gasteiger partial charge in [0.25, 0.3) is 11.8 Å². The molecule has 0 saturated carbocycles. The molecule has 178 valence electrons. The summed E-state index contributed by atoms with van der Waals surface area (Å²) in [5.74, 6) is -1.53. The molecule has 0 radical (unpaired) electrons. The van der Waals surface area contributed by atoms with Crippen LogP contribution in [0.25, 0.3) is 22.2 Å². The zero-order chi connectivity index (χ0) is 25.0. The molecule has 3 N–H and O–H groups in total. The lowest BCUT2D eigenvalue weighted by Gasteiger charge is -2.10. The topological polar surface area (TPSA) is 86.3 Å². The molecule has 0 atom stereocenters. The van der Waals surface area contributed by atoms with E-state index in [0.29, 0.717) is 12.1 Å². The van der Waals surface area contributed by atoms with Crippen molar-refractivity contribution in [1.29, 1.82) is 0 Å². The van der Waals surface area contributed by atoms with Gasteiger partial charge in [0.2, 0.25) is 0 Å². The number of alkyl halides is 3. The maximum atomic E-state index is 12.9. The Balaban J connectivity index is 1.44. The highest BCUT2D eigenvalue weighted by molar-refractivity contribution is 6.31. The van der Waals surface area contributed by atoms with Gasteiger partial charge in [-0.25, -0.2) is 5.43 Å². The minimum atomic E-state index is -4.66. The third kappa shape index (κ3) is 5.70. The van der Waals surface area contributed by atoms with E-state index in [9.17, 15) is 22.8 Å². The average molecular weight is 499 g/mol. The molecule has 0 saturated heterocycles. The number of nitrogens with one attached hydrogen (secondary N) is 3. The summed E-state index contributed by atoms with van der Waals surface area (Å²) >= 11 is 5.70. The molecule has 4 rings (SSSR count). The van der Waals surface area contributed by atoms with Crippen molar-refractivity contribution in [1.82, 2.24) is 15.7 Å². The van der Waals surface area contributed by atoms with Crippen molar-refractivity contribution >= 4 is 40.5 Å². The van der Waals surface area contributed by atoms with Gasteiger partial charge in [0.15, 0.2) is 0 Å². The number of hydrogen-bond donors (Lipinski definition) is 3. The summed E-state index contributed by atoms with van der Waals surface area (Å²) in [6, 6.07) is 19.7. The van der Waals surface area contributed by atoms with Crippen LogP contribution >= 0.6 is 11.6 Å². The van der Waals surface area contributed by atoms with E-state index in [1.54, 1.807) is 0 Å². The van der Waals surface area contributed by atoms with Gasteiger partial charge in [0.05, 0.1) is 24.0 Å². The molecule has 35 heavy (non-hydrogen) atoms. The predicted molar refractivity (Wildman–Crippen MR) is 128 cm³/mol. The standard InChI is InChI=1S/C25H18ClF3N4O2/c26-18-11-16(10-17(12-18)25(27,28)29)24(35)30-14-22(34)33-31-13-20-19-8-4-5-9-21(19)32-23(20)15-6-2-1-3-7-15/h1-13,32H,14H2,(H,30,35)(H,33,34)/b31-13+. The number of hydrazone groups is 1. The maximum absolute atomic E-state index is 12.9. The van der Waals surface area contributed by atoms with Gasteiger partial charge in [-0.1, -0.05) is 60.1 Å². The van der Waals surface area contributed by atoms with Crippen LogP contribution in [0.3, 0.4) is 0 Å². The van der Waals surface area contributed by atoms with Crippen LogP contribution in [-0.2, 0) is 11.0 Å². The molecule has 0 unspecified atom stereocenters. The second-order valence-corrected chi connectivity index (χ2v) is 7.96. The second kappa shape index (κ2) is 10.0. The number of benzene rings is 3. The summed E-state index contributed by atoms with van der Waals surface area (Å²) in [4.78, 5) is 27.7. The van der Waals surface area contributed by atoms with E-state index in [-0.39, 0.29) is 10.6 Å². The number of para-hydroxylation sites is 1. The molecule has 6 nitrogen and oxygen atoms in total. The second-order valence-electron chi connectivity index (χ2n) is 7.53. The molecule has 0 aliphatic carbocycles. The minimum Gasteiger partial charge on any atom is -0.354 e. The number of carbonyl (C=O) groups is 2. The number of fused-ring (bicyclic) bond motifs is 1. The quantitative estimate of drug-likeness (QED) is 0.246. The highest BCUT2D eigenvalue weighted by Crippen LogP contribution is 2.32. The number of carbonyl (C=O) groups excluding carboxylic acids is 2.